The van der Waals surface area contributed by atoms with Crippen LogP contribution in [0.2, 0.25) is 5.02 Å². The number of anilines is 1. The maximum atomic E-state index is 5.91. The lowest BCUT2D eigenvalue weighted by atomic mass is 10.0. The molecule has 1 fully saturated rings. The van der Waals surface area contributed by atoms with Crippen LogP contribution in [-0.2, 0) is 4.74 Å². The number of benzene rings is 2. The van der Waals surface area contributed by atoms with E-state index >= 15 is 0 Å². The van der Waals surface area contributed by atoms with E-state index in [9.17, 15) is 0 Å². The minimum atomic E-state index is 0.177. The molecular weight excluding hydrogens is 430 g/mol. The number of fused-ring (bicyclic) bond motifs is 1. The zero-order chi connectivity index (χ0) is 21.6. The van der Waals surface area contributed by atoms with Crippen molar-refractivity contribution in [2.75, 3.05) is 45.3 Å². The minimum Gasteiger partial charge on any atom is -0.494 e. The first-order valence-corrected chi connectivity index (χ1v) is 12.1. The Kier molecular flexibility index (Phi) is 7.67. The summed E-state index contributed by atoms with van der Waals surface area (Å²) in [5.74, 6) is 0.877. The van der Waals surface area contributed by atoms with Gasteiger partial charge in [0.15, 0.2) is 5.13 Å². The zero-order valence-electron chi connectivity index (χ0n) is 18.2. The van der Waals surface area contributed by atoms with E-state index in [2.05, 4.69) is 35.0 Å². The number of thiazole rings is 1. The van der Waals surface area contributed by atoms with Gasteiger partial charge in [-0.25, -0.2) is 4.98 Å². The van der Waals surface area contributed by atoms with Crippen LogP contribution >= 0.6 is 22.9 Å². The molecule has 2 heterocycles. The molecule has 1 aliphatic rings. The molecule has 7 heteroatoms. The molecule has 0 bridgehead atoms. The molecule has 0 spiro atoms. The Labute approximate surface area is 193 Å². The largest absolute Gasteiger partial charge is 0.494 e. The average Bonchev–Trinajstić information content (AvgIpc) is 3.24. The van der Waals surface area contributed by atoms with Crippen LogP contribution in [0.3, 0.4) is 0 Å². The molecule has 0 N–H and O–H groups in total. The second-order valence-electron chi connectivity index (χ2n) is 8.02. The number of nitrogens with zero attached hydrogens (tertiary/aromatic N) is 3. The number of rotatable bonds is 9. The van der Waals surface area contributed by atoms with E-state index in [0.29, 0.717) is 6.04 Å². The normalized spacial score (nSPS) is 19.6. The average molecular weight is 460 g/mol. The van der Waals surface area contributed by atoms with Crippen LogP contribution in [0.1, 0.15) is 19.3 Å². The monoisotopic (exact) mass is 459 g/mol. The molecule has 0 aliphatic carbocycles. The highest BCUT2D eigenvalue weighted by atomic mass is 35.5. The van der Waals surface area contributed by atoms with E-state index in [-0.39, 0.29) is 6.10 Å². The standard InChI is InChI=1S/C24H30ClN3O2S/c1-27(24-26-20-7-3-4-8-23(20)31-24)21-13-15-28(17-22(21)29-2)14-5-6-16-30-19-11-9-18(25)10-12-19/h3-4,7-12,21-22H,5-6,13-17H2,1-2H3/t21-,22+/m0/s1. The number of para-hydroxylation sites is 1. The molecule has 1 aliphatic heterocycles. The topological polar surface area (TPSA) is 37.8 Å². The van der Waals surface area contributed by atoms with E-state index in [1.54, 1.807) is 11.3 Å². The van der Waals surface area contributed by atoms with Gasteiger partial charge in [-0.3, -0.25) is 0 Å². The lowest BCUT2D eigenvalue weighted by molar-refractivity contribution is 0.0148. The van der Waals surface area contributed by atoms with E-state index in [1.165, 1.54) is 4.70 Å². The van der Waals surface area contributed by atoms with Crippen molar-refractivity contribution in [1.29, 1.82) is 0 Å². The van der Waals surface area contributed by atoms with Crippen molar-refractivity contribution in [1.82, 2.24) is 9.88 Å². The summed E-state index contributed by atoms with van der Waals surface area (Å²) in [6.45, 7) is 3.83. The molecule has 4 rings (SSSR count). The predicted octanol–water partition coefficient (Wildman–Crippen LogP) is 5.33. The number of aromatic nitrogens is 1. The van der Waals surface area contributed by atoms with Crippen LogP contribution in [0.25, 0.3) is 10.2 Å². The highest BCUT2D eigenvalue weighted by molar-refractivity contribution is 7.22. The first kappa shape index (κ1) is 22.3. The fourth-order valence-corrected chi connectivity index (χ4v) is 5.27. The summed E-state index contributed by atoms with van der Waals surface area (Å²) in [5, 5.41) is 1.80. The fourth-order valence-electron chi connectivity index (χ4n) is 4.16. The first-order valence-electron chi connectivity index (χ1n) is 10.9. The Hall–Kier alpha value is -1.86. The number of likely N-dealkylation sites (tertiary alicyclic amines) is 1. The second-order valence-corrected chi connectivity index (χ2v) is 9.46. The molecule has 0 radical (unpaired) electrons. The van der Waals surface area contributed by atoms with Crippen LogP contribution in [0.4, 0.5) is 5.13 Å². The summed E-state index contributed by atoms with van der Waals surface area (Å²) >= 11 is 7.67. The summed E-state index contributed by atoms with van der Waals surface area (Å²) in [4.78, 5) is 9.66. The molecule has 2 atom stereocenters. The maximum absolute atomic E-state index is 5.91. The van der Waals surface area contributed by atoms with Gasteiger partial charge < -0.3 is 19.3 Å². The molecule has 2 aromatic carbocycles. The van der Waals surface area contributed by atoms with E-state index < -0.39 is 0 Å². The number of methoxy groups -OCH3 is 1. The van der Waals surface area contributed by atoms with Gasteiger partial charge >= 0.3 is 0 Å². The van der Waals surface area contributed by atoms with Crippen LogP contribution in [0.15, 0.2) is 48.5 Å². The molecule has 1 aromatic heterocycles. The summed E-state index contributed by atoms with van der Waals surface area (Å²) in [6.07, 6.45) is 3.40. The zero-order valence-corrected chi connectivity index (χ0v) is 19.7. The lowest BCUT2D eigenvalue weighted by Gasteiger charge is -2.41. The SMILES string of the molecule is CO[C@@H]1CN(CCCCOc2ccc(Cl)cc2)CC[C@@H]1N(C)c1nc2ccccc2s1. The van der Waals surface area contributed by atoms with Crippen molar-refractivity contribution >= 4 is 38.3 Å². The Morgan fingerprint density at radius 1 is 1.16 bits per heavy atom. The van der Waals surface area contributed by atoms with E-state index in [0.717, 1.165) is 66.9 Å². The summed E-state index contributed by atoms with van der Waals surface area (Å²) in [5.41, 5.74) is 1.07. The third-order valence-electron chi connectivity index (χ3n) is 5.94. The molecule has 31 heavy (non-hydrogen) atoms. The summed E-state index contributed by atoms with van der Waals surface area (Å²) < 4.78 is 12.9. The van der Waals surface area contributed by atoms with Gasteiger partial charge in [-0.05, 0) is 62.2 Å². The van der Waals surface area contributed by atoms with Gasteiger partial charge in [0.2, 0.25) is 0 Å². The molecule has 166 valence electrons. The Bertz CT molecular complexity index is 932. The quantitative estimate of drug-likeness (QED) is 0.404. The van der Waals surface area contributed by atoms with Crippen molar-refractivity contribution in [3.63, 3.8) is 0 Å². The summed E-state index contributed by atoms with van der Waals surface area (Å²) in [7, 11) is 3.98. The van der Waals surface area contributed by atoms with Gasteiger partial charge in [0, 0.05) is 32.3 Å². The number of piperidine rings is 1. The highest BCUT2D eigenvalue weighted by Gasteiger charge is 2.33. The Balaban J connectivity index is 1.24. The number of hydrogen-bond acceptors (Lipinski definition) is 6. The van der Waals surface area contributed by atoms with Gasteiger partial charge in [-0.15, -0.1) is 0 Å². The Morgan fingerprint density at radius 3 is 2.74 bits per heavy atom. The second kappa shape index (κ2) is 10.6. The van der Waals surface area contributed by atoms with Crippen molar-refractivity contribution in [2.45, 2.75) is 31.4 Å². The minimum absolute atomic E-state index is 0.177. The van der Waals surface area contributed by atoms with Crippen molar-refractivity contribution in [2.24, 2.45) is 0 Å². The van der Waals surface area contributed by atoms with Crippen LogP contribution in [0, 0.1) is 0 Å². The van der Waals surface area contributed by atoms with Gasteiger partial charge in [-0.1, -0.05) is 35.1 Å². The number of likely N-dealkylation sites (N-methyl/N-ethyl adjacent to an activating group) is 1. The maximum Gasteiger partial charge on any atom is 0.186 e. The Morgan fingerprint density at radius 2 is 1.97 bits per heavy atom. The van der Waals surface area contributed by atoms with Crippen LogP contribution < -0.4 is 9.64 Å². The van der Waals surface area contributed by atoms with Gasteiger partial charge in [0.25, 0.3) is 0 Å². The molecule has 0 unspecified atom stereocenters. The molecule has 0 saturated carbocycles. The molecular formula is C24H30ClN3O2S. The van der Waals surface area contributed by atoms with Crippen molar-refractivity contribution < 1.29 is 9.47 Å². The number of ether oxygens (including phenoxy) is 2. The van der Waals surface area contributed by atoms with Crippen LogP contribution in [0.5, 0.6) is 5.75 Å². The predicted molar refractivity (Wildman–Crippen MR) is 130 cm³/mol. The highest BCUT2D eigenvalue weighted by Crippen LogP contribution is 2.31. The first-order chi connectivity index (χ1) is 15.1. The van der Waals surface area contributed by atoms with E-state index in [4.69, 9.17) is 26.1 Å². The number of halogens is 1. The lowest BCUT2D eigenvalue weighted by Crippen LogP contribution is -2.54. The van der Waals surface area contributed by atoms with Crippen molar-refractivity contribution in [3.8, 4) is 5.75 Å². The fraction of sp³-hybridized carbons (Fsp3) is 0.458. The smallest absolute Gasteiger partial charge is 0.186 e. The number of hydrogen-bond donors (Lipinski definition) is 0. The molecule has 1 saturated heterocycles. The van der Waals surface area contributed by atoms with Crippen molar-refractivity contribution in [3.05, 3.63) is 53.6 Å². The molecule has 5 nitrogen and oxygen atoms in total. The number of unbranched alkanes of at least 4 members (excludes halogenated alkanes) is 1. The van der Waals surface area contributed by atoms with Gasteiger partial charge in [0.05, 0.1) is 29.0 Å². The molecule has 0 amide bonds. The third kappa shape index (κ3) is 5.69. The molecule has 3 aromatic rings. The third-order valence-corrected chi connectivity index (χ3v) is 7.32. The van der Waals surface area contributed by atoms with Gasteiger partial charge in [0.1, 0.15) is 5.75 Å². The van der Waals surface area contributed by atoms with E-state index in [1.807, 2.05) is 37.4 Å². The summed E-state index contributed by atoms with van der Waals surface area (Å²) in [6, 6.07) is 16.2. The van der Waals surface area contributed by atoms with Crippen LogP contribution in [-0.4, -0.2) is 62.4 Å². The van der Waals surface area contributed by atoms with Gasteiger partial charge in [-0.2, -0.15) is 0 Å².